The molecule has 10 heteroatoms. The Balaban J connectivity index is 2.21. The highest BCUT2D eigenvalue weighted by atomic mass is 19.4. The van der Waals surface area contributed by atoms with Crippen LogP contribution in [0.3, 0.4) is 0 Å². The van der Waals surface area contributed by atoms with E-state index in [2.05, 4.69) is 9.72 Å². The first-order valence-corrected chi connectivity index (χ1v) is 7.75. The summed E-state index contributed by atoms with van der Waals surface area (Å²) in [7, 11) is 0. The molecule has 0 aliphatic carbocycles. The third-order valence-corrected chi connectivity index (χ3v) is 4.04. The van der Waals surface area contributed by atoms with Crippen LogP contribution < -0.4 is 4.90 Å². The molecule has 140 valence electrons. The van der Waals surface area contributed by atoms with Crippen molar-refractivity contribution in [1.82, 2.24) is 4.98 Å². The minimum Gasteiger partial charge on any atom is -0.481 e. The molecule has 0 radical (unpaired) electrons. The van der Waals surface area contributed by atoms with Crippen molar-refractivity contribution in [2.24, 2.45) is 5.92 Å². The zero-order valence-electron chi connectivity index (χ0n) is 13.8. The highest BCUT2D eigenvalue weighted by molar-refractivity contribution is 5.91. The number of alkyl halides is 3. The molecule has 0 spiro atoms. The fraction of sp³-hybridized carbons (Fsp3) is 0.500. The van der Waals surface area contributed by atoms with Gasteiger partial charge in [0.1, 0.15) is 11.9 Å². The third-order valence-electron chi connectivity index (χ3n) is 4.04. The Bertz CT molecular complexity index is 750. The summed E-state index contributed by atoms with van der Waals surface area (Å²) < 4.78 is 40.7. The Hall–Kier alpha value is -2.83. The molecule has 2 rings (SSSR count). The zero-order valence-corrected chi connectivity index (χ0v) is 13.8. The van der Waals surface area contributed by atoms with Crippen LogP contribution >= 0.6 is 0 Å². The number of ether oxygens (including phenoxy) is 1. The maximum absolute atomic E-state index is 12.2. The van der Waals surface area contributed by atoms with Crippen LogP contribution in [-0.2, 0) is 9.53 Å². The molecular formula is C16H16F3N3O4. The van der Waals surface area contributed by atoms with Crippen LogP contribution in [-0.4, -0.2) is 47.9 Å². The second-order valence-corrected chi connectivity index (χ2v) is 5.90. The van der Waals surface area contributed by atoms with E-state index in [-0.39, 0.29) is 22.6 Å². The van der Waals surface area contributed by atoms with E-state index in [1.807, 2.05) is 6.07 Å². The Morgan fingerprint density at radius 2 is 2.04 bits per heavy atom. The average Bonchev–Trinajstić information content (AvgIpc) is 2.59. The normalized spacial score (nSPS) is 15.4. The number of pyridine rings is 1. The van der Waals surface area contributed by atoms with Crippen LogP contribution in [0.4, 0.5) is 19.0 Å². The third kappa shape index (κ3) is 4.62. The topological polar surface area (TPSA) is 104 Å². The standard InChI is InChI=1S/C16H16F3N3O4/c1-9-12(15(25)26-8-16(17,18)19)6-11(7-20)13(21-9)22-4-2-10(3-5-22)14(23)24/h6,10H,2-5,8H2,1H3,(H,23,24). The number of carbonyl (C=O) groups is 2. The first kappa shape index (κ1) is 19.5. The lowest BCUT2D eigenvalue weighted by atomic mass is 9.96. The molecule has 1 fully saturated rings. The predicted molar refractivity (Wildman–Crippen MR) is 82.6 cm³/mol. The number of aromatic nitrogens is 1. The van der Waals surface area contributed by atoms with Crippen molar-refractivity contribution in [2.45, 2.75) is 25.9 Å². The minimum atomic E-state index is -4.65. The molecule has 1 aliphatic heterocycles. The molecule has 1 N–H and O–H groups in total. The van der Waals surface area contributed by atoms with E-state index in [9.17, 15) is 28.0 Å². The fourth-order valence-corrected chi connectivity index (χ4v) is 2.69. The number of rotatable bonds is 4. The molecule has 1 aromatic rings. The molecule has 26 heavy (non-hydrogen) atoms. The van der Waals surface area contributed by atoms with E-state index in [0.29, 0.717) is 25.9 Å². The average molecular weight is 371 g/mol. The zero-order chi connectivity index (χ0) is 19.5. The highest BCUT2D eigenvalue weighted by Gasteiger charge is 2.31. The van der Waals surface area contributed by atoms with Gasteiger partial charge in [-0.15, -0.1) is 0 Å². The number of nitrogens with zero attached hydrogens (tertiary/aromatic N) is 3. The molecule has 2 heterocycles. The summed E-state index contributed by atoms with van der Waals surface area (Å²) in [5.74, 6) is -2.27. The van der Waals surface area contributed by atoms with Gasteiger partial charge in [0.15, 0.2) is 6.61 Å². The van der Waals surface area contributed by atoms with Crippen LogP contribution in [0, 0.1) is 24.2 Å². The van der Waals surface area contributed by atoms with Crippen LogP contribution in [0.15, 0.2) is 6.07 Å². The highest BCUT2D eigenvalue weighted by Crippen LogP contribution is 2.27. The Morgan fingerprint density at radius 3 is 2.54 bits per heavy atom. The first-order chi connectivity index (χ1) is 12.1. The quantitative estimate of drug-likeness (QED) is 0.810. The van der Waals surface area contributed by atoms with Gasteiger partial charge in [-0.05, 0) is 25.8 Å². The van der Waals surface area contributed by atoms with E-state index in [1.54, 1.807) is 4.90 Å². The number of carboxylic acid groups (broad SMARTS) is 1. The molecule has 7 nitrogen and oxygen atoms in total. The lowest BCUT2D eigenvalue weighted by Gasteiger charge is -2.31. The van der Waals surface area contributed by atoms with E-state index in [4.69, 9.17) is 5.11 Å². The Labute approximate surface area is 147 Å². The van der Waals surface area contributed by atoms with E-state index >= 15 is 0 Å². The summed E-state index contributed by atoms with van der Waals surface area (Å²) in [6.45, 7) is 0.447. The maximum atomic E-state index is 12.2. The summed E-state index contributed by atoms with van der Waals surface area (Å²) >= 11 is 0. The number of hydrogen-bond donors (Lipinski definition) is 1. The van der Waals surface area contributed by atoms with Crippen molar-refractivity contribution in [3.05, 3.63) is 22.9 Å². The summed E-state index contributed by atoms with van der Waals surface area (Å²) in [4.78, 5) is 28.8. The molecular weight excluding hydrogens is 355 g/mol. The van der Waals surface area contributed by atoms with Crippen molar-refractivity contribution in [3.63, 3.8) is 0 Å². The van der Waals surface area contributed by atoms with Crippen molar-refractivity contribution in [2.75, 3.05) is 24.6 Å². The van der Waals surface area contributed by atoms with Gasteiger partial charge >= 0.3 is 18.1 Å². The van der Waals surface area contributed by atoms with E-state index < -0.39 is 30.6 Å². The van der Waals surface area contributed by atoms with Gasteiger partial charge in [-0.3, -0.25) is 4.79 Å². The smallest absolute Gasteiger partial charge is 0.422 e. The molecule has 1 aliphatic rings. The molecule has 0 bridgehead atoms. The van der Waals surface area contributed by atoms with Gasteiger partial charge in [0.2, 0.25) is 0 Å². The minimum absolute atomic E-state index is 0.0170. The summed E-state index contributed by atoms with van der Waals surface area (Å²) in [5.41, 5.74) is -0.0650. The van der Waals surface area contributed by atoms with Crippen LogP contribution in [0.2, 0.25) is 0 Å². The first-order valence-electron chi connectivity index (χ1n) is 7.75. The summed E-state index contributed by atoms with van der Waals surface area (Å²) in [6.07, 6.45) is -3.88. The molecule has 0 aromatic carbocycles. The van der Waals surface area contributed by atoms with Gasteiger partial charge in [0, 0.05) is 13.1 Å². The maximum Gasteiger partial charge on any atom is 0.422 e. The van der Waals surface area contributed by atoms with Crippen molar-refractivity contribution >= 4 is 17.8 Å². The van der Waals surface area contributed by atoms with E-state index in [0.717, 1.165) is 6.07 Å². The van der Waals surface area contributed by atoms with Gasteiger partial charge in [-0.25, -0.2) is 9.78 Å². The van der Waals surface area contributed by atoms with Crippen molar-refractivity contribution < 1.29 is 32.6 Å². The number of piperidine rings is 1. The summed E-state index contributed by atoms with van der Waals surface area (Å²) in [5, 5.41) is 18.3. The predicted octanol–water partition coefficient (Wildman–Crippen LogP) is 2.28. The number of aryl methyl sites for hydroxylation is 1. The van der Waals surface area contributed by atoms with Gasteiger partial charge < -0.3 is 14.7 Å². The fourth-order valence-electron chi connectivity index (χ4n) is 2.69. The number of hydrogen-bond acceptors (Lipinski definition) is 6. The molecule has 0 unspecified atom stereocenters. The number of esters is 1. The Kier molecular flexibility index (Phi) is 5.69. The van der Waals surface area contributed by atoms with E-state index in [1.165, 1.54) is 6.92 Å². The number of carbonyl (C=O) groups excluding carboxylic acids is 1. The van der Waals surface area contributed by atoms with Crippen LogP contribution in [0.1, 0.15) is 34.5 Å². The van der Waals surface area contributed by atoms with Crippen LogP contribution in [0.25, 0.3) is 0 Å². The van der Waals surface area contributed by atoms with Crippen molar-refractivity contribution in [3.8, 4) is 6.07 Å². The largest absolute Gasteiger partial charge is 0.481 e. The molecule has 1 saturated heterocycles. The molecule has 0 atom stereocenters. The number of carboxylic acids is 1. The van der Waals surface area contributed by atoms with Gasteiger partial charge in [0.05, 0.1) is 22.7 Å². The van der Waals surface area contributed by atoms with Crippen LogP contribution in [0.5, 0.6) is 0 Å². The van der Waals surface area contributed by atoms with Gasteiger partial charge in [-0.1, -0.05) is 0 Å². The Morgan fingerprint density at radius 1 is 1.42 bits per heavy atom. The second-order valence-electron chi connectivity index (χ2n) is 5.90. The lowest BCUT2D eigenvalue weighted by Crippen LogP contribution is -2.37. The summed E-state index contributed by atoms with van der Waals surface area (Å²) in [6, 6.07) is 3.02. The van der Waals surface area contributed by atoms with Crippen molar-refractivity contribution in [1.29, 1.82) is 5.26 Å². The van der Waals surface area contributed by atoms with Gasteiger partial charge in [0.25, 0.3) is 0 Å². The molecule has 1 aromatic heterocycles. The number of anilines is 1. The van der Waals surface area contributed by atoms with Gasteiger partial charge in [-0.2, -0.15) is 18.4 Å². The SMILES string of the molecule is Cc1nc(N2CCC(C(=O)O)CC2)c(C#N)cc1C(=O)OCC(F)(F)F. The second kappa shape index (κ2) is 7.59. The lowest BCUT2D eigenvalue weighted by molar-refractivity contribution is -0.161. The number of aliphatic carboxylic acids is 1. The number of nitriles is 1. The monoisotopic (exact) mass is 371 g/mol. The number of halogens is 3. The molecule has 0 saturated carbocycles. The molecule has 0 amide bonds.